The van der Waals surface area contributed by atoms with Gasteiger partial charge < -0.3 is 11.1 Å². The molecule has 3 nitrogen and oxygen atoms in total. The minimum atomic E-state index is 0.208. The fourth-order valence-electron chi connectivity index (χ4n) is 2.66. The van der Waals surface area contributed by atoms with Crippen LogP contribution in [0.4, 0.5) is 0 Å². The molecule has 0 radical (unpaired) electrons. The monoisotopic (exact) mass is 292 g/mol. The summed E-state index contributed by atoms with van der Waals surface area (Å²) in [6.07, 6.45) is 4.21. The summed E-state index contributed by atoms with van der Waals surface area (Å²) in [7, 11) is 0. The lowest BCUT2D eigenvalue weighted by Gasteiger charge is -2.26. The van der Waals surface area contributed by atoms with E-state index in [-0.39, 0.29) is 11.8 Å². The van der Waals surface area contributed by atoms with Crippen molar-refractivity contribution in [1.29, 1.82) is 0 Å². The van der Waals surface area contributed by atoms with Gasteiger partial charge in [0.1, 0.15) is 0 Å². The average Bonchev–Trinajstić information content (AvgIpc) is 2.52. The van der Waals surface area contributed by atoms with E-state index in [1.807, 2.05) is 18.2 Å². The van der Waals surface area contributed by atoms with Crippen LogP contribution in [0.1, 0.15) is 25.7 Å². The first kappa shape index (κ1) is 15.4. The summed E-state index contributed by atoms with van der Waals surface area (Å²) in [5.41, 5.74) is 5.67. The van der Waals surface area contributed by atoms with Gasteiger partial charge in [-0.1, -0.05) is 18.2 Å². The molecule has 0 atom stereocenters. The lowest BCUT2D eigenvalue weighted by Crippen LogP contribution is -2.35. The van der Waals surface area contributed by atoms with Crippen LogP contribution in [0.25, 0.3) is 0 Å². The van der Waals surface area contributed by atoms with Crippen molar-refractivity contribution in [2.75, 3.05) is 18.8 Å². The van der Waals surface area contributed by atoms with E-state index >= 15 is 0 Å². The summed E-state index contributed by atoms with van der Waals surface area (Å²) in [6.45, 7) is 1.51. The van der Waals surface area contributed by atoms with E-state index in [9.17, 15) is 4.79 Å². The van der Waals surface area contributed by atoms with E-state index in [4.69, 9.17) is 5.73 Å². The smallest absolute Gasteiger partial charge is 0.223 e. The fourth-order valence-corrected chi connectivity index (χ4v) is 3.45. The molecular formula is C16H24N2OS. The molecule has 0 aromatic heterocycles. The summed E-state index contributed by atoms with van der Waals surface area (Å²) in [4.78, 5) is 13.3. The largest absolute Gasteiger partial charge is 0.355 e. The number of hydrogen-bond acceptors (Lipinski definition) is 3. The Bertz CT molecular complexity index is 402. The van der Waals surface area contributed by atoms with Crippen LogP contribution in [0.3, 0.4) is 0 Å². The number of benzene rings is 1. The van der Waals surface area contributed by atoms with Crippen LogP contribution in [0.15, 0.2) is 35.2 Å². The minimum absolute atomic E-state index is 0.208. The molecule has 110 valence electrons. The van der Waals surface area contributed by atoms with E-state index < -0.39 is 0 Å². The molecule has 1 aliphatic rings. The zero-order valence-electron chi connectivity index (χ0n) is 11.9. The van der Waals surface area contributed by atoms with Crippen LogP contribution in [0.5, 0.6) is 0 Å². The summed E-state index contributed by atoms with van der Waals surface area (Å²) in [5, 5.41) is 3.06. The van der Waals surface area contributed by atoms with E-state index in [1.54, 1.807) is 11.8 Å². The van der Waals surface area contributed by atoms with Crippen molar-refractivity contribution in [2.45, 2.75) is 30.6 Å². The molecule has 2 rings (SSSR count). The van der Waals surface area contributed by atoms with Crippen LogP contribution >= 0.6 is 11.8 Å². The Hall–Kier alpha value is -1.00. The van der Waals surface area contributed by atoms with Gasteiger partial charge in [0, 0.05) is 23.1 Å². The lowest BCUT2D eigenvalue weighted by molar-refractivity contribution is -0.126. The molecule has 1 aromatic carbocycles. The van der Waals surface area contributed by atoms with Crippen molar-refractivity contribution in [1.82, 2.24) is 5.32 Å². The van der Waals surface area contributed by atoms with Crippen molar-refractivity contribution in [3.05, 3.63) is 30.3 Å². The van der Waals surface area contributed by atoms with E-state index in [1.165, 1.54) is 4.90 Å². The third kappa shape index (κ3) is 4.84. The number of nitrogens with one attached hydrogen (secondary N) is 1. The first-order chi connectivity index (χ1) is 9.79. The predicted molar refractivity (Wildman–Crippen MR) is 84.7 cm³/mol. The molecule has 1 aliphatic carbocycles. The number of amides is 1. The van der Waals surface area contributed by atoms with E-state index in [0.717, 1.165) is 44.5 Å². The van der Waals surface area contributed by atoms with Gasteiger partial charge in [-0.25, -0.2) is 0 Å². The van der Waals surface area contributed by atoms with Crippen molar-refractivity contribution >= 4 is 17.7 Å². The van der Waals surface area contributed by atoms with Gasteiger partial charge in [0.25, 0.3) is 0 Å². The Balaban J connectivity index is 1.61. The maximum absolute atomic E-state index is 12.1. The molecule has 1 amide bonds. The molecule has 1 fully saturated rings. The maximum atomic E-state index is 12.1. The van der Waals surface area contributed by atoms with Crippen molar-refractivity contribution in [3.8, 4) is 0 Å². The predicted octanol–water partition coefficient (Wildman–Crippen LogP) is 2.66. The molecule has 1 saturated carbocycles. The second-order valence-electron chi connectivity index (χ2n) is 5.41. The summed E-state index contributed by atoms with van der Waals surface area (Å²) < 4.78 is 0. The molecule has 4 heteroatoms. The van der Waals surface area contributed by atoms with Crippen LogP contribution < -0.4 is 11.1 Å². The molecule has 0 aliphatic heterocycles. The normalized spacial score (nSPS) is 22.4. The molecule has 0 saturated heterocycles. The minimum Gasteiger partial charge on any atom is -0.355 e. The van der Waals surface area contributed by atoms with Crippen molar-refractivity contribution in [2.24, 2.45) is 17.6 Å². The van der Waals surface area contributed by atoms with Gasteiger partial charge in [-0.15, -0.1) is 11.8 Å². The van der Waals surface area contributed by atoms with Crippen LogP contribution in [-0.4, -0.2) is 24.7 Å². The quantitative estimate of drug-likeness (QED) is 0.626. The van der Waals surface area contributed by atoms with Crippen LogP contribution in [0.2, 0.25) is 0 Å². The second kappa shape index (κ2) is 8.32. The molecular weight excluding hydrogens is 268 g/mol. The number of thioether (sulfide) groups is 1. The highest BCUT2D eigenvalue weighted by atomic mass is 32.2. The number of rotatable bonds is 6. The van der Waals surface area contributed by atoms with Crippen LogP contribution in [0, 0.1) is 11.8 Å². The van der Waals surface area contributed by atoms with Crippen molar-refractivity contribution in [3.63, 3.8) is 0 Å². The average molecular weight is 292 g/mol. The summed E-state index contributed by atoms with van der Waals surface area (Å²) in [6, 6.07) is 10.3. The fraction of sp³-hybridized carbons (Fsp3) is 0.562. The van der Waals surface area contributed by atoms with Crippen LogP contribution in [-0.2, 0) is 4.79 Å². The Morgan fingerprint density at radius 1 is 1.20 bits per heavy atom. The second-order valence-corrected chi connectivity index (χ2v) is 6.57. The molecule has 0 spiro atoms. The molecule has 0 heterocycles. The van der Waals surface area contributed by atoms with Gasteiger partial charge in [-0.3, -0.25) is 4.79 Å². The summed E-state index contributed by atoms with van der Waals surface area (Å²) >= 11 is 1.78. The number of carbonyl (C=O) groups excluding carboxylic acids is 1. The molecule has 0 unspecified atom stereocenters. The highest BCUT2D eigenvalue weighted by Gasteiger charge is 2.25. The van der Waals surface area contributed by atoms with Gasteiger partial charge in [0.05, 0.1) is 0 Å². The Morgan fingerprint density at radius 3 is 2.55 bits per heavy atom. The zero-order chi connectivity index (χ0) is 14.2. The Kier molecular flexibility index (Phi) is 6.40. The first-order valence-electron chi connectivity index (χ1n) is 7.45. The summed E-state index contributed by atoms with van der Waals surface area (Å²) in [5.74, 6) is 2.00. The maximum Gasteiger partial charge on any atom is 0.223 e. The van der Waals surface area contributed by atoms with Gasteiger partial charge in [0.15, 0.2) is 0 Å². The molecule has 3 N–H and O–H groups in total. The highest BCUT2D eigenvalue weighted by Crippen LogP contribution is 2.28. The third-order valence-corrected chi connectivity index (χ3v) is 4.98. The van der Waals surface area contributed by atoms with Crippen molar-refractivity contribution < 1.29 is 4.79 Å². The number of nitrogens with two attached hydrogens (primary N) is 1. The third-order valence-electron chi connectivity index (χ3n) is 3.96. The number of carbonyl (C=O) groups is 1. The highest BCUT2D eigenvalue weighted by molar-refractivity contribution is 7.99. The van der Waals surface area contributed by atoms with Gasteiger partial charge >= 0.3 is 0 Å². The Labute approximate surface area is 125 Å². The lowest BCUT2D eigenvalue weighted by atomic mass is 9.81. The van der Waals surface area contributed by atoms with Gasteiger partial charge in [0.2, 0.25) is 5.91 Å². The van der Waals surface area contributed by atoms with Gasteiger partial charge in [-0.05, 0) is 50.3 Å². The van der Waals surface area contributed by atoms with Gasteiger partial charge in [-0.2, -0.15) is 0 Å². The Morgan fingerprint density at radius 2 is 1.90 bits per heavy atom. The first-order valence-corrected chi connectivity index (χ1v) is 8.43. The van der Waals surface area contributed by atoms with E-state index in [0.29, 0.717) is 5.92 Å². The standard InChI is InChI=1S/C16H24N2OS/c17-12-13-6-8-14(9-7-13)16(19)18-10-11-20-15-4-2-1-3-5-15/h1-5,13-14H,6-12,17H2,(H,18,19). The number of hydrogen-bond donors (Lipinski definition) is 2. The SMILES string of the molecule is NCC1CCC(C(=O)NCCSc2ccccc2)CC1. The topological polar surface area (TPSA) is 55.1 Å². The molecule has 1 aromatic rings. The zero-order valence-corrected chi connectivity index (χ0v) is 12.7. The molecule has 20 heavy (non-hydrogen) atoms. The molecule has 0 bridgehead atoms. The van der Waals surface area contributed by atoms with E-state index in [2.05, 4.69) is 17.4 Å².